The van der Waals surface area contributed by atoms with E-state index in [2.05, 4.69) is 40.0 Å². The molecular formula is C31H35F3N4O2S. The number of nitrogens with zero attached hydrogens (tertiary/aromatic N) is 2. The summed E-state index contributed by atoms with van der Waals surface area (Å²) in [5, 5.41) is 7.59. The third-order valence-electron chi connectivity index (χ3n) is 8.52. The van der Waals surface area contributed by atoms with E-state index >= 15 is 0 Å². The second-order valence-corrected chi connectivity index (χ2v) is 12.1. The lowest BCUT2D eigenvalue weighted by molar-refractivity contribution is -0.200. The molecule has 0 radical (unpaired) electrons. The van der Waals surface area contributed by atoms with Gasteiger partial charge in [0, 0.05) is 46.6 Å². The zero-order valence-corrected chi connectivity index (χ0v) is 24.0. The van der Waals surface area contributed by atoms with Gasteiger partial charge in [0.15, 0.2) is 0 Å². The van der Waals surface area contributed by atoms with E-state index in [-0.39, 0.29) is 6.54 Å². The van der Waals surface area contributed by atoms with Crippen LogP contribution in [-0.2, 0) is 11.3 Å². The second-order valence-electron chi connectivity index (χ2n) is 11.6. The van der Waals surface area contributed by atoms with Gasteiger partial charge in [0.2, 0.25) is 0 Å². The zero-order chi connectivity index (χ0) is 28.6. The number of rotatable bonds is 7. The molecular weight excluding hydrogens is 549 g/mol. The van der Waals surface area contributed by atoms with Crippen molar-refractivity contribution in [2.45, 2.75) is 55.4 Å². The molecule has 10 heteroatoms. The summed E-state index contributed by atoms with van der Waals surface area (Å²) in [5.41, 5.74) is 2.89. The monoisotopic (exact) mass is 584 g/mol. The summed E-state index contributed by atoms with van der Waals surface area (Å²) < 4.78 is 52.9. The van der Waals surface area contributed by atoms with Crippen LogP contribution in [0.1, 0.15) is 31.4 Å². The number of fused-ring (bicyclic) bond motifs is 1. The molecule has 1 spiro atoms. The van der Waals surface area contributed by atoms with Crippen molar-refractivity contribution in [3.8, 4) is 17.6 Å². The fourth-order valence-electron chi connectivity index (χ4n) is 6.42. The lowest BCUT2D eigenvalue weighted by Crippen LogP contribution is -2.68. The Morgan fingerprint density at radius 2 is 1.85 bits per heavy atom. The molecule has 0 amide bonds. The van der Waals surface area contributed by atoms with Gasteiger partial charge in [-0.2, -0.15) is 13.2 Å². The predicted molar refractivity (Wildman–Crippen MR) is 158 cm³/mol. The van der Waals surface area contributed by atoms with E-state index in [1.165, 1.54) is 4.57 Å². The Balaban J connectivity index is 1.16. The van der Waals surface area contributed by atoms with Crippen molar-refractivity contribution in [2.24, 2.45) is 5.41 Å². The summed E-state index contributed by atoms with van der Waals surface area (Å²) in [7, 11) is 1.57. The zero-order valence-electron chi connectivity index (χ0n) is 23.1. The standard InChI is InChI=1S/C31H35F3N4O2S/c1-39-29-15-24(41)11-12-27(29)35-13-3-4-23-14-25-26(5-2-6-28(25)38(23)18-31(32,33)34)36-21-7-9-22(10-8-21)37-16-30(17-37)19-40-20-30/h2,5-6,11-12,14-15,21-22,35-36,41H,7-10,13,16-20H2,1H3. The van der Waals surface area contributed by atoms with Crippen LogP contribution in [0.4, 0.5) is 24.5 Å². The number of benzene rings is 2. The molecule has 1 saturated carbocycles. The van der Waals surface area contributed by atoms with Gasteiger partial charge >= 0.3 is 6.18 Å². The number of ether oxygens (including phenoxy) is 2. The largest absolute Gasteiger partial charge is 0.495 e. The van der Waals surface area contributed by atoms with E-state index in [4.69, 9.17) is 9.47 Å². The molecule has 3 heterocycles. The maximum atomic E-state index is 13.6. The molecule has 0 bridgehead atoms. The fourth-order valence-corrected chi connectivity index (χ4v) is 6.61. The number of halogens is 3. The Kier molecular flexibility index (Phi) is 7.79. The lowest BCUT2D eigenvalue weighted by Gasteiger charge is -2.58. The van der Waals surface area contributed by atoms with Crippen LogP contribution in [0.5, 0.6) is 5.75 Å². The average Bonchev–Trinajstić information content (AvgIpc) is 3.23. The lowest BCUT2D eigenvalue weighted by atomic mass is 9.75. The Labute approximate surface area is 244 Å². The molecule has 0 atom stereocenters. The van der Waals surface area contributed by atoms with Crippen LogP contribution in [0.2, 0.25) is 0 Å². The summed E-state index contributed by atoms with van der Waals surface area (Å²) in [6.07, 6.45) is -0.0259. The van der Waals surface area contributed by atoms with E-state index in [1.807, 2.05) is 24.3 Å². The topological polar surface area (TPSA) is 50.7 Å². The molecule has 2 aliphatic heterocycles. The van der Waals surface area contributed by atoms with Crippen LogP contribution in [-0.4, -0.2) is 67.7 Å². The van der Waals surface area contributed by atoms with Gasteiger partial charge in [-0.3, -0.25) is 4.90 Å². The number of likely N-dealkylation sites (tertiary alicyclic amines) is 1. The van der Waals surface area contributed by atoms with E-state index in [0.29, 0.717) is 34.5 Å². The number of aromatic nitrogens is 1. The first-order valence-corrected chi connectivity index (χ1v) is 14.5. The highest BCUT2D eigenvalue weighted by Gasteiger charge is 2.50. The van der Waals surface area contributed by atoms with Gasteiger partial charge in [-0.25, -0.2) is 0 Å². The summed E-state index contributed by atoms with van der Waals surface area (Å²) in [6, 6.07) is 13.6. The molecule has 1 aliphatic carbocycles. The van der Waals surface area contributed by atoms with Crippen molar-refractivity contribution in [1.29, 1.82) is 0 Å². The van der Waals surface area contributed by atoms with Crippen LogP contribution in [0, 0.1) is 17.3 Å². The van der Waals surface area contributed by atoms with Crippen LogP contribution in [0.25, 0.3) is 10.9 Å². The molecule has 3 aliphatic rings. The minimum absolute atomic E-state index is 0.245. The number of nitrogens with one attached hydrogen (secondary N) is 2. The number of methoxy groups -OCH3 is 1. The van der Waals surface area contributed by atoms with Crippen LogP contribution >= 0.6 is 12.6 Å². The quantitative estimate of drug-likeness (QED) is 0.234. The first kappa shape index (κ1) is 28.1. The van der Waals surface area contributed by atoms with Gasteiger partial charge in [-0.1, -0.05) is 12.0 Å². The number of hydrogen-bond donors (Lipinski definition) is 3. The third kappa shape index (κ3) is 6.13. The molecule has 2 N–H and O–H groups in total. The SMILES string of the molecule is COc1cc(S)ccc1NCC#Cc1cc2c(NC3CCC(N4CC5(COC5)C4)CC3)cccc2n1CC(F)(F)F. The summed E-state index contributed by atoms with van der Waals surface area (Å²) in [6.45, 7) is 3.26. The van der Waals surface area contributed by atoms with Gasteiger partial charge in [-0.05, 0) is 68.0 Å². The van der Waals surface area contributed by atoms with Crippen LogP contribution < -0.4 is 15.4 Å². The molecule has 6 nitrogen and oxygen atoms in total. The molecule has 3 fully saturated rings. The highest BCUT2D eigenvalue weighted by atomic mass is 32.1. The van der Waals surface area contributed by atoms with Crippen molar-refractivity contribution < 1.29 is 22.6 Å². The van der Waals surface area contributed by atoms with Crippen LogP contribution in [0.15, 0.2) is 47.4 Å². The number of thiol groups is 1. The molecule has 1 aromatic heterocycles. The van der Waals surface area contributed by atoms with Gasteiger partial charge in [0.05, 0.1) is 43.8 Å². The number of alkyl halides is 3. The van der Waals surface area contributed by atoms with E-state index < -0.39 is 12.7 Å². The minimum atomic E-state index is -4.37. The summed E-state index contributed by atoms with van der Waals surface area (Å²) >= 11 is 4.32. The van der Waals surface area contributed by atoms with Crippen molar-refractivity contribution in [3.63, 3.8) is 0 Å². The Morgan fingerprint density at radius 3 is 2.54 bits per heavy atom. The number of anilines is 2. The van der Waals surface area contributed by atoms with Gasteiger partial charge < -0.3 is 24.7 Å². The first-order valence-electron chi connectivity index (χ1n) is 14.1. The molecule has 41 heavy (non-hydrogen) atoms. The minimum Gasteiger partial charge on any atom is -0.495 e. The summed E-state index contributed by atoms with van der Waals surface area (Å²) in [5.74, 6) is 6.58. The Hall–Kier alpha value is -3.00. The molecule has 0 unspecified atom stereocenters. The highest BCUT2D eigenvalue weighted by molar-refractivity contribution is 7.80. The van der Waals surface area contributed by atoms with E-state index in [9.17, 15) is 13.2 Å². The average molecular weight is 585 g/mol. The van der Waals surface area contributed by atoms with Crippen molar-refractivity contribution in [2.75, 3.05) is 50.6 Å². The molecule has 6 rings (SSSR count). The van der Waals surface area contributed by atoms with E-state index in [1.54, 1.807) is 25.3 Å². The first-order chi connectivity index (χ1) is 19.7. The van der Waals surface area contributed by atoms with Gasteiger partial charge in [0.25, 0.3) is 0 Å². The van der Waals surface area contributed by atoms with Gasteiger partial charge in [0.1, 0.15) is 12.3 Å². The second kappa shape index (κ2) is 11.3. The van der Waals surface area contributed by atoms with Crippen molar-refractivity contribution >= 4 is 34.9 Å². The van der Waals surface area contributed by atoms with Crippen molar-refractivity contribution in [3.05, 3.63) is 48.2 Å². The maximum Gasteiger partial charge on any atom is 0.406 e. The predicted octanol–water partition coefficient (Wildman–Crippen LogP) is 6.02. The molecule has 218 valence electrons. The van der Waals surface area contributed by atoms with Gasteiger partial charge in [-0.15, -0.1) is 12.6 Å². The Morgan fingerprint density at radius 1 is 1.07 bits per heavy atom. The normalized spacial score (nSPS) is 22.0. The number of hydrogen-bond acceptors (Lipinski definition) is 6. The highest BCUT2D eigenvalue weighted by Crippen LogP contribution is 2.41. The summed E-state index contributed by atoms with van der Waals surface area (Å²) in [4.78, 5) is 3.36. The Bertz CT molecular complexity index is 1460. The molecule has 2 saturated heterocycles. The van der Waals surface area contributed by atoms with E-state index in [0.717, 1.165) is 73.6 Å². The maximum absolute atomic E-state index is 13.6. The smallest absolute Gasteiger partial charge is 0.406 e. The molecule has 2 aromatic carbocycles. The molecule has 3 aromatic rings. The third-order valence-corrected chi connectivity index (χ3v) is 8.80. The van der Waals surface area contributed by atoms with Crippen molar-refractivity contribution in [1.82, 2.24) is 9.47 Å². The van der Waals surface area contributed by atoms with Crippen LogP contribution in [0.3, 0.4) is 0 Å². The fraction of sp³-hybridized carbons (Fsp3) is 0.484.